The minimum absolute atomic E-state index is 0.251. The maximum absolute atomic E-state index is 13.3. The lowest BCUT2D eigenvalue weighted by molar-refractivity contribution is -0.463. The SMILES string of the molecule is CN(C)/C(=C/C=C1\CCCC(/C=C/C(c2ccc(F)cc2)=[N+](C)C)=C1Cl)c1ccc(F)cc1.F[B-](F)(F)F. The van der Waals surface area contributed by atoms with E-state index in [1.54, 1.807) is 24.3 Å². The Labute approximate surface area is 225 Å². The topological polar surface area (TPSA) is 6.25 Å². The zero-order chi connectivity index (χ0) is 28.5. The van der Waals surface area contributed by atoms with Gasteiger partial charge in [-0.1, -0.05) is 23.8 Å². The van der Waals surface area contributed by atoms with Gasteiger partial charge in [-0.15, -0.1) is 0 Å². The van der Waals surface area contributed by atoms with Crippen LogP contribution < -0.4 is 0 Å². The van der Waals surface area contributed by atoms with Gasteiger partial charge in [0.25, 0.3) is 0 Å². The first kappa shape index (κ1) is 31.0. The summed E-state index contributed by atoms with van der Waals surface area (Å²) in [5.74, 6) is -0.501. The molecule has 0 bridgehead atoms. The highest BCUT2D eigenvalue weighted by molar-refractivity contribution is 6.50. The summed E-state index contributed by atoms with van der Waals surface area (Å²) in [6.45, 7) is 0. The average Bonchev–Trinajstić information content (AvgIpc) is 2.82. The van der Waals surface area contributed by atoms with E-state index in [1.807, 2.05) is 49.8 Å². The predicted molar refractivity (Wildman–Crippen MR) is 145 cm³/mol. The van der Waals surface area contributed by atoms with Crippen molar-refractivity contribution in [3.05, 3.63) is 112 Å². The third-order valence-electron chi connectivity index (χ3n) is 5.58. The molecule has 3 rings (SSSR count). The quantitative estimate of drug-likeness (QED) is 0.151. The van der Waals surface area contributed by atoms with Crippen molar-refractivity contribution in [3.8, 4) is 0 Å². The number of hydrogen-bond acceptors (Lipinski definition) is 1. The molecule has 0 saturated heterocycles. The second kappa shape index (κ2) is 14.1. The fourth-order valence-corrected chi connectivity index (χ4v) is 4.13. The summed E-state index contributed by atoms with van der Waals surface area (Å²) in [6, 6.07) is 13.0. The third-order valence-corrected chi connectivity index (χ3v) is 6.07. The number of allylic oxidation sites excluding steroid dienone is 7. The van der Waals surface area contributed by atoms with Crippen molar-refractivity contribution in [1.82, 2.24) is 4.90 Å². The van der Waals surface area contributed by atoms with E-state index in [-0.39, 0.29) is 11.6 Å². The Bertz CT molecular complexity index is 1230. The van der Waals surface area contributed by atoms with Gasteiger partial charge in [0, 0.05) is 36.5 Å². The molecule has 2 aromatic rings. The summed E-state index contributed by atoms with van der Waals surface area (Å²) in [7, 11) is 1.87. The minimum atomic E-state index is -6.00. The van der Waals surface area contributed by atoms with E-state index in [0.29, 0.717) is 0 Å². The summed E-state index contributed by atoms with van der Waals surface area (Å²) in [5, 5.41) is 0.767. The largest absolute Gasteiger partial charge is 0.673 e. The Hall–Kier alpha value is -3.20. The summed E-state index contributed by atoms with van der Waals surface area (Å²) in [6.07, 6.45) is 11.0. The molecule has 204 valence electrons. The van der Waals surface area contributed by atoms with Gasteiger partial charge < -0.3 is 22.2 Å². The smallest absolute Gasteiger partial charge is 0.418 e. The molecule has 0 heterocycles. The van der Waals surface area contributed by atoms with Gasteiger partial charge in [0.15, 0.2) is 0 Å². The maximum Gasteiger partial charge on any atom is 0.673 e. The molecule has 10 heteroatoms. The van der Waals surface area contributed by atoms with Gasteiger partial charge in [-0.05, 0) is 90.6 Å². The van der Waals surface area contributed by atoms with Crippen molar-refractivity contribution >= 4 is 30.3 Å². The van der Waals surface area contributed by atoms with Crippen LogP contribution in [-0.4, -0.2) is 50.6 Å². The normalized spacial score (nSPS) is 15.4. The summed E-state index contributed by atoms with van der Waals surface area (Å²) >= 11 is 6.80. The van der Waals surface area contributed by atoms with E-state index in [1.165, 1.54) is 24.3 Å². The second-order valence-electron chi connectivity index (χ2n) is 8.95. The number of rotatable bonds is 6. The van der Waals surface area contributed by atoms with Crippen LogP contribution in [-0.2, 0) is 0 Å². The molecule has 2 nitrogen and oxygen atoms in total. The highest BCUT2D eigenvalue weighted by Crippen LogP contribution is 2.33. The molecule has 0 unspecified atom stereocenters. The average molecular weight is 555 g/mol. The van der Waals surface area contributed by atoms with E-state index in [4.69, 9.17) is 11.6 Å². The standard InChI is InChI=1S/C28H30ClF2N2.BF4/c1-32(2)26(20-8-14-24(30)15-9-20)18-12-22-6-5-7-23(28(22)29)13-19-27(33(3)4)21-10-16-25(31)17-11-21;2-1(3,4)5/h8-19H,5-7H2,1-4H3;/q+1;-1. The van der Waals surface area contributed by atoms with Crippen LogP contribution in [0, 0.1) is 11.6 Å². The molecule has 1 aliphatic carbocycles. The van der Waals surface area contributed by atoms with E-state index < -0.39 is 7.25 Å². The Morgan fingerprint density at radius 1 is 0.868 bits per heavy atom. The molecule has 0 atom stereocenters. The summed E-state index contributed by atoms with van der Waals surface area (Å²) in [5.41, 5.74) is 6.01. The van der Waals surface area contributed by atoms with Gasteiger partial charge in [0.05, 0.1) is 0 Å². The fraction of sp³-hybridized carbons (Fsp3) is 0.250. The molecule has 2 aromatic carbocycles. The molecule has 0 aromatic heterocycles. The Balaban J connectivity index is 0.000000926. The van der Waals surface area contributed by atoms with E-state index in [9.17, 15) is 26.0 Å². The van der Waals surface area contributed by atoms with Gasteiger partial charge in [-0.25, -0.2) is 13.4 Å². The second-order valence-corrected chi connectivity index (χ2v) is 9.33. The molecule has 0 N–H and O–H groups in total. The lowest BCUT2D eigenvalue weighted by atomic mass is 9.93. The Morgan fingerprint density at radius 2 is 1.37 bits per heavy atom. The van der Waals surface area contributed by atoms with Crippen LogP contribution in [0.5, 0.6) is 0 Å². The number of halogens is 7. The van der Waals surface area contributed by atoms with Gasteiger partial charge >= 0.3 is 7.25 Å². The van der Waals surface area contributed by atoms with Gasteiger partial charge in [-0.2, -0.15) is 0 Å². The molecule has 0 fully saturated rings. The van der Waals surface area contributed by atoms with Crippen LogP contribution in [0.1, 0.15) is 30.4 Å². The molecule has 0 saturated carbocycles. The third kappa shape index (κ3) is 10.3. The Morgan fingerprint density at radius 3 is 1.84 bits per heavy atom. The van der Waals surface area contributed by atoms with Crippen molar-refractivity contribution in [2.45, 2.75) is 19.3 Å². The monoisotopic (exact) mass is 554 g/mol. The zero-order valence-corrected chi connectivity index (χ0v) is 22.4. The van der Waals surface area contributed by atoms with Crippen molar-refractivity contribution in [2.75, 3.05) is 28.2 Å². The highest BCUT2D eigenvalue weighted by Gasteiger charge is 2.20. The fourth-order valence-electron chi connectivity index (χ4n) is 3.82. The van der Waals surface area contributed by atoms with Crippen molar-refractivity contribution in [1.29, 1.82) is 0 Å². The van der Waals surface area contributed by atoms with E-state index >= 15 is 0 Å². The van der Waals surface area contributed by atoms with Crippen LogP contribution >= 0.6 is 11.6 Å². The number of nitrogens with zero attached hydrogens (tertiary/aromatic N) is 2. The zero-order valence-electron chi connectivity index (χ0n) is 21.7. The molecule has 0 amide bonds. The van der Waals surface area contributed by atoms with E-state index in [2.05, 4.69) is 12.2 Å². The maximum atomic E-state index is 13.3. The van der Waals surface area contributed by atoms with Crippen LogP contribution in [0.2, 0.25) is 0 Å². The van der Waals surface area contributed by atoms with Gasteiger partial charge in [-0.3, -0.25) is 0 Å². The first-order valence-corrected chi connectivity index (χ1v) is 12.2. The highest BCUT2D eigenvalue weighted by atomic mass is 35.5. The molecule has 38 heavy (non-hydrogen) atoms. The van der Waals surface area contributed by atoms with Gasteiger partial charge in [0.2, 0.25) is 5.71 Å². The van der Waals surface area contributed by atoms with Gasteiger partial charge in [0.1, 0.15) is 25.7 Å². The van der Waals surface area contributed by atoms with Crippen molar-refractivity contribution in [3.63, 3.8) is 0 Å². The summed E-state index contributed by atoms with van der Waals surface area (Å²) in [4.78, 5) is 2.01. The van der Waals surface area contributed by atoms with Crippen molar-refractivity contribution in [2.24, 2.45) is 0 Å². The first-order chi connectivity index (χ1) is 17.8. The molecular formula is C28H30BClF6N2. The van der Waals surface area contributed by atoms with Crippen molar-refractivity contribution < 1.29 is 30.6 Å². The molecule has 0 aliphatic heterocycles. The number of hydrogen-bond donors (Lipinski definition) is 0. The Kier molecular flexibility index (Phi) is 11.5. The van der Waals surface area contributed by atoms with Crippen LogP contribution in [0.4, 0.5) is 26.0 Å². The molecule has 0 radical (unpaired) electrons. The molecule has 0 spiro atoms. The van der Waals surface area contributed by atoms with E-state index in [0.717, 1.165) is 58.0 Å². The predicted octanol–water partition coefficient (Wildman–Crippen LogP) is 8.09. The van der Waals surface area contributed by atoms with Crippen LogP contribution in [0.3, 0.4) is 0 Å². The van der Waals surface area contributed by atoms with Crippen LogP contribution in [0.25, 0.3) is 5.70 Å². The summed E-state index contributed by atoms with van der Waals surface area (Å²) < 4.78 is 67.7. The lowest BCUT2D eigenvalue weighted by Crippen LogP contribution is -2.12. The van der Waals surface area contributed by atoms with Crippen LogP contribution in [0.15, 0.2) is 89.0 Å². The minimum Gasteiger partial charge on any atom is -0.418 e. The lowest BCUT2D eigenvalue weighted by Gasteiger charge is -2.19. The molecular weight excluding hydrogens is 525 g/mol. The number of benzene rings is 2. The first-order valence-electron chi connectivity index (χ1n) is 11.8. The molecule has 1 aliphatic rings.